The summed E-state index contributed by atoms with van der Waals surface area (Å²) >= 11 is 0. The van der Waals surface area contributed by atoms with Gasteiger partial charge in [-0.15, -0.1) is 0 Å². The topological polar surface area (TPSA) is 68.2 Å². The van der Waals surface area contributed by atoms with Crippen LogP contribution in [0.25, 0.3) is 0 Å². The van der Waals surface area contributed by atoms with Gasteiger partial charge in [0.2, 0.25) is 0 Å². The maximum absolute atomic E-state index is 11.7. The lowest BCUT2D eigenvalue weighted by Crippen LogP contribution is -2.41. The Labute approximate surface area is 178 Å². The van der Waals surface area contributed by atoms with E-state index in [4.69, 9.17) is 14.2 Å². The summed E-state index contributed by atoms with van der Waals surface area (Å²) in [5.41, 5.74) is 4.39. The number of hydrogen-bond acceptors (Lipinski definition) is 5. The molecule has 2 aromatic rings. The Morgan fingerprint density at radius 2 is 1.57 bits per heavy atom. The van der Waals surface area contributed by atoms with E-state index < -0.39 is 5.97 Å². The third kappa shape index (κ3) is 4.54. The summed E-state index contributed by atoms with van der Waals surface area (Å²) in [6.45, 7) is 5.47. The fourth-order valence-electron chi connectivity index (χ4n) is 4.46. The van der Waals surface area contributed by atoms with E-state index in [0.29, 0.717) is 30.2 Å². The van der Waals surface area contributed by atoms with Crippen molar-refractivity contribution < 1.29 is 24.1 Å². The number of carboxylic acid groups (broad SMARTS) is 1. The maximum atomic E-state index is 11.7. The first kappa shape index (κ1) is 22.0. The number of nitrogens with zero attached hydrogens (tertiary/aromatic N) is 1. The molecule has 0 spiro atoms. The summed E-state index contributed by atoms with van der Waals surface area (Å²) in [7, 11) is 4.85. The molecule has 2 aromatic carbocycles. The highest BCUT2D eigenvalue weighted by atomic mass is 16.5. The fraction of sp³-hybridized carbons (Fsp3) is 0.458. The number of rotatable bonds is 7. The van der Waals surface area contributed by atoms with Gasteiger partial charge in [-0.05, 0) is 44.9 Å². The van der Waals surface area contributed by atoms with Gasteiger partial charge in [0.15, 0.2) is 11.5 Å². The van der Waals surface area contributed by atoms with E-state index in [2.05, 4.69) is 36.9 Å². The van der Waals surface area contributed by atoms with Crippen molar-refractivity contribution in [2.75, 3.05) is 34.4 Å². The van der Waals surface area contributed by atoms with Crippen molar-refractivity contribution in [1.82, 2.24) is 4.90 Å². The van der Waals surface area contributed by atoms with Crippen LogP contribution in [0, 0.1) is 19.8 Å². The van der Waals surface area contributed by atoms with Crippen molar-refractivity contribution in [1.29, 1.82) is 0 Å². The van der Waals surface area contributed by atoms with Crippen molar-refractivity contribution >= 4 is 5.97 Å². The van der Waals surface area contributed by atoms with E-state index >= 15 is 0 Å². The quantitative estimate of drug-likeness (QED) is 0.733. The summed E-state index contributed by atoms with van der Waals surface area (Å²) < 4.78 is 16.8. The molecular weight excluding hydrogens is 382 g/mol. The summed E-state index contributed by atoms with van der Waals surface area (Å²) in [4.78, 5) is 14.0. The molecule has 0 aromatic heterocycles. The number of aliphatic carboxylic acids is 1. The first-order valence-electron chi connectivity index (χ1n) is 10.2. The number of methoxy groups -OCH3 is 3. The summed E-state index contributed by atoms with van der Waals surface area (Å²) in [6, 6.07) is 10.1. The molecule has 3 rings (SSSR count). The lowest BCUT2D eigenvalue weighted by atomic mass is 9.89. The Balaban J connectivity index is 2.18. The number of hydrogen-bond donors (Lipinski definition) is 1. The molecule has 0 amide bonds. The number of aryl methyl sites for hydroxylation is 2. The molecule has 0 saturated carbocycles. The van der Waals surface area contributed by atoms with Crippen molar-refractivity contribution in [3.63, 3.8) is 0 Å². The molecule has 1 heterocycles. The van der Waals surface area contributed by atoms with Gasteiger partial charge >= 0.3 is 5.97 Å². The number of likely N-dealkylation sites (tertiary alicyclic amines) is 1. The monoisotopic (exact) mass is 413 g/mol. The third-order valence-corrected chi connectivity index (χ3v) is 5.76. The van der Waals surface area contributed by atoms with Crippen LogP contribution < -0.4 is 14.2 Å². The third-order valence-electron chi connectivity index (χ3n) is 5.76. The fourth-order valence-corrected chi connectivity index (χ4v) is 4.46. The largest absolute Gasteiger partial charge is 0.496 e. The average Bonchev–Trinajstić information content (AvgIpc) is 2.73. The molecule has 1 N–H and O–H groups in total. The number of carboxylic acids is 1. The first-order valence-corrected chi connectivity index (χ1v) is 10.2. The molecule has 0 aliphatic carbocycles. The number of carbonyl (C=O) groups is 1. The van der Waals surface area contributed by atoms with E-state index in [0.717, 1.165) is 24.1 Å². The minimum absolute atomic E-state index is 0.152. The smallest absolute Gasteiger partial charge is 0.307 e. The second kappa shape index (κ2) is 9.39. The van der Waals surface area contributed by atoms with Gasteiger partial charge in [-0.1, -0.05) is 29.3 Å². The van der Waals surface area contributed by atoms with Gasteiger partial charge in [-0.25, -0.2) is 0 Å². The molecule has 2 atom stereocenters. The molecule has 1 saturated heterocycles. The van der Waals surface area contributed by atoms with Crippen molar-refractivity contribution in [2.45, 2.75) is 32.7 Å². The van der Waals surface area contributed by atoms with Crippen LogP contribution >= 0.6 is 0 Å². The van der Waals surface area contributed by atoms with Crippen LogP contribution in [0.5, 0.6) is 17.2 Å². The van der Waals surface area contributed by atoms with Gasteiger partial charge in [0.1, 0.15) is 5.75 Å². The molecule has 1 fully saturated rings. The minimum Gasteiger partial charge on any atom is -0.496 e. The van der Waals surface area contributed by atoms with Crippen LogP contribution in [0.15, 0.2) is 30.3 Å². The molecule has 0 radical (unpaired) electrons. The molecule has 6 heteroatoms. The van der Waals surface area contributed by atoms with Crippen LogP contribution in [0.1, 0.15) is 41.1 Å². The summed E-state index contributed by atoms with van der Waals surface area (Å²) in [6.07, 6.45) is 1.54. The van der Waals surface area contributed by atoms with Gasteiger partial charge in [0.25, 0.3) is 0 Å². The molecule has 0 bridgehead atoms. The molecule has 1 aliphatic rings. The SMILES string of the molecule is COc1cc(OC)c(C(c2cc(C)cc(C)c2)N2CCCC(C(=O)O)C2)cc1OC. The van der Waals surface area contributed by atoms with Crippen LogP contribution in [0.4, 0.5) is 0 Å². The van der Waals surface area contributed by atoms with E-state index in [1.54, 1.807) is 21.3 Å². The predicted octanol–water partition coefficient (Wildman–Crippen LogP) is 4.22. The maximum Gasteiger partial charge on any atom is 0.307 e. The molecule has 162 valence electrons. The second-order valence-electron chi connectivity index (χ2n) is 7.95. The van der Waals surface area contributed by atoms with Crippen molar-refractivity contribution in [3.8, 4) is 17.2 Å². The van der Waals surface area contributed by atoms with E-state index in [9.17, 15) is 9.90 Å². The van der Waals surface area contributed by atoms with Crippen LogP contribution in [0.2, 0.25) is 0 Å². The standard InChI is InChI=1S/C24H31NO5/c1-15-9-16(2)11-18(10-15)23(25-8-6-7-17(14-25)24(26)27)19-12-21(29-4)22(30-5)13-20(19)28-3/h9-13,17,23H,6-8,14H2,1-5H3,(H,26,27). The minimum atomic E-state index is -0.738. The normalized spacial score (nSPS) is 18.0. The highest BCUT2D eigenvalue weighted by Crippen LogP contribution is 2.43. The zero-order valence-corrected chi connectivity index (χ0v) is 18.4. The summed E-state index contributed by atoms with van der Waals surface area (Å²) in [5.74, 6) is 0.791. The number of benzene rings is 2. The average molecular weight is 414 g/mol. The highest BCUT2D eigenvalue weighted by Gasteiger charge is 2.33. The van der Waals surface area contributed by atoms with Crippen molar-refractivity contribution in [2.24, 2.45) is 5.92 Å². The Kier molecular flexibility index (Phi) is 6.87. The van der Waals surface area contributed by atoms with Crippen molar-refractivity contribution in [3.05, 3.63) is 52.6 Å². The Morgan fingerprint density at radius 3 is 2.13 bits per heavy atom. The Morgan fingerprint density at radius 1 is 0.967 bits per heavy atom. The van der Waals surface area contributed by atoms with Gasteiger partial charge in [0, 0.05) is 18.2 Å². The van der Waals surface area contributed by atoms with Gasteiger partial charge in [-0.3, -0.25) is 9.69 Å². The van der Waals surface area contributed by atoms with Gasteiger partial charge in [-0.2, -0.15) is 0 Å². The Hall–Kier alpha value is -2.73. The second-order valence-corrected chi connectivity index (χ2v) is 7.95. The highest BCUT2D eigenvalue weighted by molar-refractivity contribution is 5.70. The van der Waals surface area contributed by atoms with Crippen LogP contribution in [-0.2, 0) is 4.79 Å². The van der Waals surface area contributed by atoms with Crippen LogP contribution in [0.3, 0.4) is 0 Å². The lowest BCUT2D eigenvalue weighted by molar-refractivity contribution is -0.143. The number of ether oxygens (including phenoxy) is 3. The lowest BCUT2D eigenvalue weighted by Gasteiger charge is -2.38. The molecule has 6 nitrogen and oxygen atoms in total. The van der Waals surface area contributed by atoms with E-state index in [1.807, 2.05) is 12.1 Å². The first-order chi connectivity index (χ1) is 14.4. The molecule has 1 aliphatic heterocycles. The van der Waals surface area contributed by atoms with Gasteiger partial charge < -0.3 is 19.3 Å². The zero-order valence-electron chi connectivity index (χ0n) is 18.4. The predicted molar refractivity (Wildman–Crippen MR) is 116 cm³/mol. The molecule has 2 unspecified atom stereocenters. The van der Waals surface area contributed by atoms with E-state index in [-0.39, 0.29) is 12.0 Å². The Bertz CT molecular complexity index is 890. The van der Waals surface area contributed by atoms with E-state index in [1.165, 1.54) is 11.1 Å². The zero-order chi connectivity index (χ0) is 21.8. The molecule has 30 heavy (non-hydrogen) atoms. The number of piperidine rings is 1. The summed E-state index contributed by atoms with van der Waals surface area (Å²) in [5, 5.41) is 9.63. The van der Waals surface area contributed by atoms with Gasteiger partial charge in [0.05, 0.1) is 33.3 Å². The molecular formula is C24H31NO5. The van der Waals surface area contributed by atoms with Crippen LogP contribution in [-0.4, -0.2) is 50.4 Å².